The molecule has 5 nitrogen and oxygen atoms in total. The van der Waals surface area contributed by atoms with Crippen molar-refractivity contribution >= 4 is 11.8 Å². The third-order valence-electron chi connectivity index (χ3n) is 3.25. The van der Waals surface area contributed by atoms with Crippen LogP contribution in [0.25, 0.3) is 0 Å². The molecule has 1 aliphatic rings. The smallest absolute Gasteiger partial charge is 0.339 e. The van der Waals surface area contributed by atoms with Gasteiger partial charge in [-0.25, -0.2) is 9.78 Å². The minimum atomic E-state index is -0.342. The van der Waals surface area contributed by atoms with Crippen LogP contribution >= 0.6 is 0 Å². The van der Waals surface area contributed by atoms with Gasteiger partial charge in [0.2, 0.25) is 0 Å². The lowest BCUT2D eigenvalue weighted by Crippen LogP contribution is -2.52. The molecule has 2 rings (SSSR count). The summed E-state index contributed by atoms with van der Waals surface area (Å²) in [6.45, 7) is 2.87. The number of carbonyl (C=O) groups is 1. The fourth-order valence-corrected chi connectivity index (χ4v) is 1.91. The summed E-state index contributed by atoms with van der Waals surface area (Å²) in [4.78, 5) is 15.6. The number of pyridine rings is 1. The molecule has 5 heteroatoms. The molecule has 1 saturated carbocycles. The first kappa shape index (κ1) is 12.8. The summed E-state index contributed by atoms with van der Waals surface area (Å²) < 4.78 is 4.89. The van der Waals surface area contributed by atoms with Crippen LogP contribution in [-0.2, 0) is 4.74 Å². The molecule has 0 atom stereocenters. The van der Waals surface area contributed by atoms with Crippen molar-refractivity contribution in [2.45, 2.75) is 31.7 Å². The largest absolute Gasteiger partial charge is 0.462 e. The zero-order valence-electron chi connectivity index (χ0n) is 10.6. The maximum absolute atomic E-state index is 11.4. The average molecular weight is 249 g/mol. The molecule has 0 bridgehead atoms. The molecule has 0 unspecified atom stereocenters. The molecule has 0 amide bonds. The molecule has 18 heavy (non-hydrogen) atoms. The van der Waals surface area contributed by atoms with Gasteiger partial charge >= 0.3 is 5.97 Å². The molecule has 0 saturated heterocycles. The van der Waals surface area contributed by atoms with Crippen molar-refractivity contribution in [1.82, 2.24) is 4.98 Å². The van der Waals surface area contributed by atoms with Crippen LogP contribution in [0.2, 0.25) is 0 Å². The Morgan fingerprint density at radius 3 is 2.83 bits per heavy atom. The lowest BCUT2D eigenvalue weighted by atomic mass is 9.78. The molecule has 1 fully saturated rings. The predicted molar refractivity (Wildman–Crippen MR) is 69.5 cm³/mol. The zero-order valence-corrected chi connectivity index (χ0v) is 10.6. The molecule has 1 aliphatic carbocycles. The highest BCUT2D eigenvalue weighted by Crippen LogP contribution is 2.28. The zero-order chi connectivity index (χ0) is 13.0. The number of rotatable bonds is 5. The van der Waals surface area contributed by atoms with Crippen LogP contribution in [0.5, 0.6) is 0 Å². The number of hydrogen-bond acceptors (Lipinski definition) is 5. The van der Waals surface area contributed by atoms with E-state index in [1.54, 1.807) is 19.1 Å². The number of hydrogen-bond donors (Lipinski definition) is 2. The number of aromatic nitrogens is 1. The molecule has 1 aromatic rings. The fraction of sp³-hybridized carbons (Fsp3) is 0.538. The summed E-state index contributed by atoms with van der Waals surface area (Å²) in [6, 6.07) is 3.48. The number of esters is 1. The fourth-order valence-electron chi connectivity index (χ4n) is 1.91. The third-order valence-corrected chi connectivity index (χ3v) is 3.25. The van der Waals surface area contributed by atoms with Gasteiger partial charge in [-0.15, -0.1) is 0 Å². The summed E-state index contributed by atoms with van der Waals surface area (Å²) >= 11 is 0. The summed E-state index contributed by atoms with van der Waals surface area (Å²) in [5.74, 6) is 0.394. The van der Waals surface area contributed by atoms with Crippen LogP contribution in [0, 0.1) is 0 Å². The van der Waals surface area contributed by atoms with Gasteiger partial charge in [-0.05, 0) is 38.3 Å². The van der Waals surface area contributed by atoms with E-state index in [1.807, 2.05) is 0 Å². The minimum Gasteiger partial charge on any atom is -0.462 e. The second kappa shape index (κ2) is 5.35. The van der Waals surface area contributed by atoms with Gasteiger partial charge in [-0.1, -0.05) is 0 Å². The van der Waals surface area contributed by atoms with Crippen LogP contribution in [0.3, 0.4) is 0 Å². The van der Waals surface area contributed by atoms with Gasteiger partial charge in [0.15, 0.2) is 0 Å². The lowest BCUT2D eigenvalue weighted by molar-refractivity contribution is 0.0526. The number of nitrogens with two attached hydrogens (primary N) is 1. The first-order chi connectivity index (χ1) is 8.63. The van der Waals surface area contributed by atoms with E-state index < -0.39 is 0 Å². The molecule has 3 N–H and O–H groups in total. The average Bonchev–Trinajstić information content (AvgIpc) is 2.35. The van der Waals surface area contributed by atoms with Crippen LogP contribution in [0.15, 0.2) is 18.3 Å². The number of carbonyl (C=O) groups excluding carboxylic acids is 1. The summed E-state index contributed by atoms with van der Waals surface area (Å²) in [6.07, 6.45) is 4.83. The van der Waals surface area contributed by atoms with E-state index in [4.69, 9.17) is 10.5 Å². The Morgan fingerprint density at radius 1 is 1.56 bits per heavy atom. The topological polar surface area (TPSA) is 77.2 Å². The maximum Gasteiger partial charge on any atom is 0.339 e. The third kappa shape index (κ3) is 2.98. The molecule has 0 aliphatic heterocycles. The first-order valence-electron chi connectivity index (χ1n) is 6.29. The Bertz CT molecular complexity index is 413. The Balaban J connectivity index is 1.89. The number of anilines is 1. The summed E-state index contributed by atoms with van der Waals surface area (Å²) in [5.41, 5.74) is 6.49. The molecular formula is C13H19N3O2. The van der Waals surface area contributed by atoms with E-state index in [0.29, 0.717) is 12.2 Å². The Morgan fingerprint density at radius 2 is 2.33 bits per heavy atom. The second-order valence-electron chi connectivity index (χ2n) is 4.72. The Kier molecular flexibility index (Phi) is 3.81. The van der Waals surface area contributed by atoms with E-state index in [-0.39, 0.29) is 11.5 Å². The van der Waals surface area contributed by atoms with Crippen LogP contribution in [0.1, 0.15) is 36.5 Å². The Labute approximate surface area is 107 Å². The van der Waals surface area contributed by atoms with Crippen molar-refractivity contribution in [2.75, 3.05) is 18.5 Å². The van der Waals surface area contributed by atoms with E-state index in [1.165, 1.54) is 12.6 Å². The van der Waals surface area contributed by atoms with Crippen molar-refractivity contribution in [1.29, 1.82) is 0 Å². The highest BCUT2D eigenvalue weighted by atomic mass is 16.5. The number of nitrogens with one attached hydrogen (secondary N) is 1. The van der Waals surface area contributed by atoms with Crippen molar-refractivity contribution < 1.29 is 9.53 Å². The van der Waals surface area contributed by atoms with Gasteiger partial charge in [0.1, 0.15) is 5.82 Å². The van der Waals surface area contributed by atoms with E-state index in [9.17, 15) is 4.79 Å². The highest BCUT2D eigenvalue weighted by Gasteiger charge is 2.32. The number of ether oxygens (including phenoxy) is 1. The quantitative estimate of drug-likeness (QED) is 0.774. The molecule has 0 aromatic carbocycles. The standard InChI is InChI=1S/C13H19N3O2/c1-2-18-12(17)10-4-5-11(15-8-10)16-9-13(14)6-3-7-13/h4-5,8H,2-3,6-7,9,14H2,1H3,(H,15,16). The van der Waals surface area contributed by atoms with Crippen LogP contribution in [0.4, 0.5) is 5.82 Å². The highest BCUT2D eigenvalue weighted by molar-refractivity contribution is 5.89. The van der Waals surface area contributed by atoms with E-state index in [2.05, 4.69) is 10.3 Å². The van der Waals surface area contributed by atoms with Crippen LogP contribution < -0.4 is 11.1 Å². The second-order valence-corrected chi connectivity index (χ2v) is 4.72. The molecular weight excluding hydrogens is 230 g/mol. The monoisotopic (exact) mass is 249 g/mol. The normalized spacial score (nSPS) is 16.8. The Hall–Kier alpha value is -1.62. The minimum absolute atomic E-state index is 0.0819. The van der Waals surface area contributed by atoms with Crippen molar-refractivity contribution in [2.24, 2.45) is 5.73 Å². The first-order valence-corrected chi connectivity index (χ1v) is 6.29. The van der Waals surface area contributed by atoms with Crippen molar-refractivity contribution in [3.63, 3.8) is 0 Å². The summed E-state index contributed by atoms with van der Waals surface area (Å²) in [7, 11) is 0. The van der Waals surface area contributed by atoms with E-state index >= 15 is 0 Å². The van der Waals surface area contributed by atoms with Gasteiger partial charge in [0, 0.05) is 18.3 Å². The van der Waals surface area contributed by atoms with Gasteiger partial charge < -0.3 is 15.8 Å². The lowest BCUT2D eigenvalue weighted by Gasteiger charge is -2.38. The van der Waals surface area contributed by atoms with Gasteiger partial charge in [-0.2, -0.15) is 0 Å². The van der Waals surface area contributed by atoms with Gasteiger partial charge in [-0.3, -0.25) is 0 Å². The molecule has 98 valence electrons. The molecule has 0 spiro atoms. The van der Waals surface area contributed by atoms with Crippen LogP contribution in [-0.4, -0.2) is 29.6 Å². The molecule has 1 aromatic heterocycles. The predicted octanol–water partition coefficient (Wildman–Crippen LogP) is 1.55. The molecule has 1 heterocycles. The van der Waals surface area contributed by atoms with Crippen molar-refractivity contribution in [3.05, 3.63) is 23.9 Å². The van der Waals surface area contributed by atoms with Gasteiger partial charge in [0.25, 0.3) is 0 Å². The van der Waals surface area contributed by atoms with Crippen molar-refractivity contribution in [3.8, 4) is 0 Å². The number of nitrogens with zero attached hydrogens (tertiary/aromatic N) is 1. The van der Waals surface area contributed by atoms with E-state index in [0.717, 1.165) is 25.2 Å². The van der Waals surface area contributed by atoms with Gasteiger partial charge in [0.05, 0.1) is 12.2 Å². The molecule has 0 radical (unpaired) electrons. The maximum atomic E-state index is 11.4. The summed E-state index contributed by atoms with van der Waals surface area (Å²) in [5, 5.41) is 3.20. The SMILES string of the molecule is CCOC(=O)c1ccc(NCC2(N)CCC2)nc1.